The summed E-state index contributed by atoms with van der Waals surface area (Å²) < 4.78 is 7.39. The number of halogens is 1. The van der Waals surface area contributed by atoms with Crippen molar-refractivity contribution >= 4 is 35.7 Å². The van der Waals surface area contributed by atoms with Crippen molar-refractivity contribution < 1.29 is 9.34 Å². The van der Waals surface area contributed by atoms with Gasteiger partial charge in [0.1, 0.15) is 17.3 Å². The second-order valence-electron chi connectivity index (χ2n) is 4.75. The van der Waals surface area contributed by atoms with Crippen molar-refractivity contribution in [3.63, 3.8) is 0 Å². The summed E-state index contributed by atoms with van der Waals surface area (Å²) in [6.45, 7) is 1.74. The van der Waals surface area contributed by atoms with Gasteiger partial charge in [-0.2, -0.15) is 14.9 Å². The number of aryl methyl sites for hydroxylation is 1. The lowest BCUT2D eigenvalue weighted by molar-refractivity contribution is -0.384. The minimum absolute atomic E-state index is 0.131. The molecule has 1 N–H and O–H groups in total. The second-order valence-corrected chi connectivity index (χ2v) is 5.58. The fraction of sp³-hybridized carbons (Fsp3) is 0.0714. The number of benzene rings is 1. The van der Waals surface area contributed by atoms with Crippen LogP contribution in [0.4, 0.5) is 5.69 Å². The minimum atomic E-state index is -0.508. The van der Waals surface area contributed by atoms with Crippen LogP contribution >= 0.6 is 23.8 Å². The summed E-state index contributed by atoms with van der Waals surface area (Å²) in [6.07, 6.45) is 1.45. The summed E-state index contributed by atoms with van der Waals surface area (Å²) in [4.78, 5) is 10.7. The molecule has 1 aromatic carbocycles. The van der Waals surface area contributed by atoms with E-state index in [9.17, 15) is 10.1 Å². The first-order valence-corrected chi connectivity index (χ1v) is 7.47. The van der Waals surface area contributed by atoms with Crippen LogP contribution in [-0.4, -0.2) is 26.0 Å². The van der Waals surface area contributed by atoms with E-state index in [0.717, 1.165) is 0 Å². The Morgan fingerprint density at radius 3 is 2.92 bits per heavy atom. The molecule has 0 spiro atoms. The molecule has 2 heterocycles. The Bertz CT molecular complexity index is 1000. The number of H-pyrrole nitrogens is 1. The van der Waals surface area contributed by atoms with E-state index in [-0.39, 0.29) is 10.7 Å². The number of hydrogen-bond donors (Lipinski definition) is 1. The zero-order valence-electron chi connectivity index (χ0n) is 12.3. The smallest absolute Gasteiger partial charge is 0.281 e. The Balaban J connectivity index is 1.95. The molecule has 3 aromatic rings. The van der Waals surface area contributed by atoms with Crippen molar-refractivity contribution in [2.75, 3.05) is 0 Å². The van der Waals surface area contributed by atoms with Gasteiger partial charge in [0.2, 0.25) is 4.77 Å². The van der Waals surface area contributed by atoms with Gasteiger partial charge in [-0.1, -0.05) is 11.6 Å². The van der Waals surface area contributed by atoms with Crippen molar-refractivity contribution in [2.45, 2.75) is 6.92 Å². The predicted octanol–water partition coefficient (Wildman–Crippen LogP) is 3.95. The average Bonchev–Trinajstić information content (AvgIpc) is 3.13. The van der Waals surface area contributed by atoms with Crippen LogP contribution in [0.1, 0.15) is 11.6 Å². The maximum Gasteiger partial charge on any atom is 0.281 e. The van der Waals surface area contributed by atoms with E-state index in [0.29, 0.717) is 27.7 Å². The van der Waals surface area contributed by atoms with Crippen molar-refractivity contribution in [2.24, 2.45) is 5.10 Å². The summed E-state index contributed by atoms with van der Waals surface area (Å²) in [5.74, 6) is 1.35. The standard InChI is InChI=1S/C14H10ClN5O3S/c1-8-17-18-14(24)19(8)16-7-10-3-5-13(23-10)11-4-2-9(15)6-12(11)20(21)22/h2-7H,1H3,(H,18,24)/b16-7-. The number of aromatic amines is 1. The van der Waals surface area contributed by atoms with Gasteiger partial charge in [0.25, 0.3) is 5.69 Å². The highest BCUT2D eigenvalue weighted by Gasteiger charge is 2.18. The first kappa shape index (κ1) is 16.1. The molecule has 0 fully saturated rings. The van der Waals surface area contributed by atoms with E-state index in [1.165, 1.54) is 23.0 Å². The molecule has 2 aromatic heterocycles. The van der Waals surface area contributed by atoms with E-state index >= 15 is 0 Å². The Morgan fingerprint density at radius 2 is 2.25 bits per heavy atom. The quantitative estimate of drug-likeness (QED) is 0.327. The lowest BCUT2D eigenvalue weighted by Gasteiger charge is -2.00. The highest BCUT2D eigenvalue weighted by atomic mass is 35.5. The largest absolute Gasteiger partial charge is 0.455 e. The molecule has 0 bridgehead atoms. The van der Waals surface area contributed by atoms with Gasteiger partial charge in [-0.25, -0.2) is 0 Å². The molecule has 0 aliphatic carbocycles. The van der Waals surface area contributed by atoms with E-state index in [2.05, 4.69) is 15.3 Å². The SMILES string of the molecule is Cc1n[nH]c(=S)n1/N=C\c1ccc(-c2ccc(Cl)cc2[N+](=O)[O-])o1. The number of aromatic nitrogens is 3. The molecule has 8 nitrogen and oxygen atoms in total. The van der Waals surface area contributed by atoms with E-state index in [1.807, 2.05) is 0 Å². The molecule has 10 heteroatoms. The Kier molecular flexibility index (Phi) is 4.28. The summed E-state index contributed by atoms with van der Waals surface area (Å²) in [5.41, 5.74) is 0.202. The predicted molar refractivity (Wildman–Crippen MR) is 90.9 cm³/mol. The number of furan rings is 1. The number of rotatable bonds is 4. The first-order valence-electron chi connectivity index (χ1n) is 6.68. The first-order chi connectivity index (χ1) is 11.5. The molecular weight excluding hydrogens is 354 g/mol. The van der Waals surface area contributed by atoms with Crippen molar-refractivity contribution in [3.05, 3.63) is 61.8 Å². The fourth-order valence-corrected chi connectivity index (χ4v) is 2.44. The molecular formula is C14H10ClN5O3S. The number of nitro groups is 1. The normalized spacial score (nSPS) is 11.2. The number of hydrogen-bond acceptors (Lipinski definition) is 6. The number of nitro benzene ring substituents is 1. The molecule has 122 valence electrons. The van der Waals surface area contributed by atoms with Crippen molar-refractivity contribution in [1.29, 1.82) is 0 Å². The van der Waals surface area contributed by atoms with Gasteiger partial charge in [-0.3, -0.25) is 15.2 Å². The van der Waals surface area contributed by atoms with E-state index in [4.69, 9.17) is 28.2 Å². The monoisotopic (exact) mass is 363 g/mol. The molecule has 0 unspecified atom stereocenters. The van der Waals surface area contributed by atoms with Crippen LogP contribution in [0.3, 0.4) is 0 Å². The Morgan fingerprint density at radius 1 is 1.46 bits per heavy atom. The zero-order chi connectivity index (χ0) is 17.3. The highest BCUT2D eigenvalue weighted by molar-refractivity contribution is 7.71. The van der Waals surface area contributed by atoms with Crippen LogP contribution in [0, 0.1) is 21.8 Å². The molecule has 0 saturated heterocycles. The summed E-state index contributed by atoms with van der Waals surface area (Å²) in [7, 11) is 0. The molecule has 0 aliphatic heterocycles. The lowest BCUT2D eigenvalue weighted by Crippen LogP contribution is -1.93. The summed E-state index contributed by atoms with van der Waals surface area (Å²) in [6, 6.07) is 7.65. The van der Waals surface area contributed by atoms with Crippen molar-refractivity contribution in [1.82, 2.24) is 14.9 Å². The van der Waals surface area contributed by atoms with Gasteiger partial charge >= 0.3 is 0 Å². The van der Waals surface area contributed by atoms with Crippen LogP contribution < -0.4 is 0 Å². The maximum absolute atomic E-state index is 11.2. The van der Waals surface area contributed by atoms with Gasteiger partial charge in [0, 0.05) is 11.1 Å². The van der Waals surface area contributed by atoms with Gasteiger partial charge in [0.15, 0.2) is 0 Å². The van der Waals surface area contributed by atoms with Crippen LogP contribution in [-0.2, 0) is 0 Å². The summed E-state index contributed by atoms with van der Waals surface area (Å²) >= 11 is 10.9. The van der Waals surface area contributed by atoms with E-state index in [1.54, 1.807) is 25.1 Å². The molecule has 0 amide bonds. The Labute approximate surface area is 145 Å². The van der Waals surface area contributed by atoms with Crippen LogP contribution in [0.2, 0.25) is 5.02 Å². The Hall–Kier alpha value is -2.78. The zero-order valence-corrected chi connectivity index (χ0v) is 13.8. The van der Waals surface area contributed by atoms with Gasteiger partial charge in [-0.15, -0.1) is 0 Å². The third-order valence-electron chi connectivity index (χ3n) is 3.16. The van der Waals surface area contributed by atoms with Crippen LogP contribution in [0.15, 0.2) is 39.9 Å². The van der Waals surface area contributed by atoms with Gasteiger partial charge < -0.3 is 4.42 Å². The van der Waals surface area contributed by atoms with Gasteiger partial charge in [0.05, 0.1) is 16.7 Å². The minimum Gasteiger partial charge on any atom is -0.455 e. The average molecular weight is 364 g/mol. The maximum atomic E-state index is 11.2. The van der Waals surface area contributed by atoms with Crippen LogP contribution in [0.5, 0.6) is 0 Å². The number of nitrogens with one attached hydrogen (secondary N) is 1. The van der Waals surface area contributed by atoms with Gasteiger partial charge in [-0.05, 0) is 43.4 Å². The topological polar surface area (TPSA) is 102 Å². The molecule has 0 radical (unpaired) electrons. The van der Waals surface area contributed by atoms with E-state index < -0.39 is 4.92 Å². The molecule has 0 atom stereocenters. The third kappa shape index (κ3) is 3.12. The fourth-order valence-electron chi connectivity index (χ4n) is 2.05. The summed E-state index contributed by atoms with van der Waals surface area (Å²) in [5, 5.41) is 22.2. The van der Waals surface area contributed by atoms with Crippen LogP contribution in [0.25, 0.3) is 11.3 Å². The lowest BCUT2D eigenvalue weighted by atomic mass is 10.1. The second kappa shape index (κ2) is 6.38. The number of nitrogens with zero attached hydrogens (tertiary/aromatic N) is 4. The highest BCUT2D eigenvalue weighted by Crippen LogP contribution is 2.33. The molecule has 0 aliphatic rings. The molecule has 0 saturated carbocycles. The third-order valence-corrected chi connectivity index (χ3v) is 3.66. The molecule has 3 rings (SSSR count). The molecule has 24 heavy (non-hydrogen) atoms. The van der Waals surface area contributed by atoms with Crippen molar-refractivity contribution in [3.8, 4) is 11.3 Å².